The largest absolute Gasteiger partial charge is 0.384 e. The van der Waals surface area contributed by atoms with Gasteiger partial charge in [0.15, 0.2) is 0 Å². The molecule has 0 radical (unpaired) electrons. The maximum Gasteiger partial charge on any atom is 0.126 e. The van der Waals surface area contributed by atoms with Gasteiger partial charge in [-0.2, -0.15) is 0 Å². The quantitative estimate of drug-likeness (QED) is 0.714. The summed E-state index contributed by atoms with van der Waals surface area (Å²) >= 11 is 0. The fraction of sp³-hybridized carbons (Fsp3) is 0.625. The summed E-state index contributed by atoms with van der Waals surface area (Å²) in [5, 5.41) is 0. The van der Waals surface area contributed by atoms with Crippen molar-refractivity contribution < 1.29 is 0 Å². The molecule has 2 N–H and O–H groups in total. The lowest BCUT2D eigenvalue weighted by Crippen LogP contribution is -2.02. The highest BCUT2D eigenvalue weighted by Gasteiger charge is 2.02. The van der Waals surface area contributed by atoms with E-state index in [1.807, 2.05) is 10.9 Å². The van der Waals surface area contributed by atoms with E-state index < -0.39 is 0 Å². The molecule has 0 aliphatic carbocycles. The van der Waals surface area contributed by atoms with E-state index in [0.29, 0.717) is 0 Å². The van der Waals surface area contributed by atoms with E-state index in [-0.39, 0.29) is 0 Å². The third-order valence-corrected chi connectivity index (χ3v) is 1.76. The van der Waals surface area contributed by atoms with Gasteiger partial charge < -0.3 is 10.3 Å². The third kappa shape index (κ3) is 1.53. The number of rotatable bonds is 3. The summed E-state index contributed by atoms with van der Waals surface area (Å²) in [5.74, 6) is 0.828. The van der Waals surface area contributed by atoms with Crippen LogP contribution in [-0.2, 0) is 13.0 Å². The number of hydrogen-bond acceptors (Lipinski definition) is 2. The number of aryl methyl sites for hydroxylation is 2. The summed E-state index contributed by atoms with van der Waals surface area (Å²) in [7, 11) is 0. The summed E-state index contributed by atoms with van der Waals surface area (Å²) in [6, 6.07) is 0. The second-order valence-corrected chi connectivity index (χ2v) is 2.62. The Balaban J connectivity index is 2.82. The molecule has 0 atom stereocenters. The van der Waals surface area contributed by atoms with Crippen LogP contribution in [0.5, 0.6) is 0 Å². The summed E-state index contributed by atoms with van der Waals surface area (Å²) in [4.78, 5) is 4.19. The van der Waals surface area contributed by atoms with Gasteiger partial charge in [0.1, 0.15) is 5.82 Å². The van der Waals surface area contributed by atoms with Crippen molar-refractivity contribution in [3.63, 3.8) is 0 Å². The predicted octanol–water partition coefficient (Wildman–Crippen LogP) is 1.44. The molecule has 11 heavy (non-hydrogen) atoms. The number of hydrogen-bond donors (Lipinski definition) is 1. The standard InChI is InChI=1S/C8H15N3/c1-3-5-11-6-10-7(4-2)8(11)9/h6H,3-5,9H2,1-2H3. The molecule has 3 heteroatoms. The molecule has 1 aromatic rings. The van der Waals surface area contributed by atoms with Crippen LogP contribution in [0.2, 0.25) is 0 Å². The summed E-state index contributed by atoms with van der Waals surface area (Å²) in [5.41, 5.74) is 6.81. The lowest BCUT2D eigenvalue weighted by molar-refractivity contribution is 0.686. The highest BCUT2D eigenvalue weighted by atomic mass is 15.1. The smallest absolute Gasteiger partial charge is 0.126 e. The molecule has 0 saturated heterocycles. The van der Waals surface area contributed by atoms with Gasteiger partial charge in [0.05, 0.1) is 12.0 Å². The van der Waals surface area contributed by atoms with Gasteiger partial charge in [0, 0.05) is 6.54 Å². The van der Waals surface area contributed by atoms with Crippen LogP contribution in [0.4, 0.5) is 5.82 Å². The van der Waals surface area contributed by atoms with Crippen LogP contribution in [-0.4, -0.2) is 9.55 Å². The Kier molecular flexibility index (Phi) is 2.52. The number of nitrogens with zero attached hydrogens (tertiary/aromatic N) is 2. The first-order valence-electron chi connectivity index (χ1n) is 4.09. The summed E-state index contributed by atoms with van der Waals surface area (Å²) in [6.07, 6.45) is 3.84. The number of anilines is 1. The molecule has 0 amide bonds. The molecule has 1 rings (SSSR count). The average Bonchev–Trinajstić information content (AvgIpc) is 2.34. The Morgan fingerprint density at radius 2 is 2.27 bits per heavy atom. The van der Waals surface area contributed by atoms with Gasteiger partial charge in [-0.05, 0) is 12.8 Å². The van der Waals surface area contributed by atoms with Gasteiger partial charge in [-0.25, -0.2) is 4.98 Å². The Hall–Kier alpha value is -0.990. The Morgan fingerprint density at radius 1 is 1.55 bits per heavy atom. The second-order valence-electron chi connectivity index (χ2n) is 2.62. The van der Waals surface area contributed by atoms with E-state index in [2.05, 4.69) is 18.8 Å². The van der Waals surface area contributed by atoms with E-state index in [1.54, 1.807) is 0 Å². The maximum absolute atomic E-state index is 5.80. The number of nitrogens with two attached hydrogens (primary N) is 1. The van der Waals surface area contributed by atoms with Crippen molar-refractivity contribution in [2.45, 2.75) is 33.2 Å². The van der Waals surface area contributed by atoms with Crippen molar-refractivity contribution in [3.05, 3.63) is 12.0 Å². The van der Waals surface area contributed by atoms with Crippen LogP contribution < -0.4 is 5.73 Å². The normalized spacial score (nSPS) is 10.4. The van der Waals surface area contributed by atoms with Crippen LogP contribution in [0.25, 0.3) is 0 Å². The lowest BCUT2D eigenvalue weighted by atomic mass is 10.3. The fourth-order valence-corrected chi connectivity index (χ4v) is 1.12. The molecule has 0 saturated carbocycles. The topological polar surface area (TPSA) is 43.8 Å². The van der Waals surface area contributed by atoms with E-state index in [4.69, 9.17) is 5.73 Å². The molecule has 0 bridgehead atoms. The van der Waals surface area contributed by atoms with Crippen molar-refractivity contribution in [2.24, 2.45) is 0 Å². The summed E-state index contributed by atoms with van der Waals surface area (Å²) in [6.45, 7) is 5.17. The SMILES string of the molecule is CCCn1cnc(CC)c1N. The van der Waals surface area contributed by atoms with Gasteiger partial charge >= 0.3 is 0 Å². The van der Waals surface area contributed by atoms with Crippen LogP contribution in [0, 0.1) is 0 Å². The van der Waals surface area contributed by atoms with Crippen molar-refractivity contribution in [3.8, 4) is 0 Å². The highest BCUT2D eigenvalue weighted by Crippen LogP contribution is 2.10. The van der Waals surface area contributed by atoms with E-state index in [1.165, 1.54) is 0 Å². The zero-order chi connectivity index (χ0) is 8.27. The minimum atomic E-state index is 0.828. The zero-order valence-electron chi connectivity index (χ0n) is 7.17. The molecule has 1 aromatic heterocycles. The van der Waals surface area contributed by atoms with E-state index in [0.717, 1.165) is 30.9 Å². The van der Waals surface area contributed by atoms with Gasteiger partial charge in [0.25, 0.3) is 0 Å². The summed E-state index contributed by atoms with van der Waals surface area (Å²) < 4.78 is 2.00. The zero-order valence-corrected chi connectivity index (χ0v) is 7.17. The number of nitrogen functional groups attached to an aromatic ring is 1. The van der Waals surface area contributed by atoms with Crippen molar-refractivity contribution in [1.29, 1.82) is 0 Å². The Morgan fingerprint density at radius 3 is 2.73 bits per heavy atom. The fourth-order valence-electron chi connectivity index (χ4n) is 1.12. The molecule has 0 aromatic carbocycles. The molecule has 0 unspecified atom stereocenters. The molecule has 1 heterocycles. The third-order valence-electron chi connectivity index (χ3n) is 1.76. The molecular formula is C8H15N3. The van der Waals surface area contributed by atoms with Crippen LogP contribution in [0.15, 0.2) is 6.33 Å². The minimum Gasteiger partial charge on any atom is -0.384 e. The molecule has 0 aliphatic rings. The molecular weight excluding hydrogens is 138 g/mol. The Bertz CT molecular complexity index is 227. The second kappa shape index (κ2) is 3.42. The first kappa shape index (κ1) is 8.11. The first-order chi connectivity index (χ1) is 5.29. The average molecular weight is 153 g/mol. The number of imidazole rings is 1. The van der Waals surface area contributed by atoms with Crippen LogP contribution in [0.3, 0.4) is 0 Å². The maximum atomic E-state index is 5.80. The predicted molar refractivity (Wildman–Crippen MR) is 46.3 cm³/mol. The van der Waals surface area contributed by atoms with Crippen molar-refractivity contribution in [2.75, 3.05) is 5.73 Å². The monoisotopic (exact) mass is 153 g/mol. The van der Waals surface area contributed by atoms with Gasteiger partial charge in [0.2, 0.25) is 0 Å². The van der Waals surface area contributed by atoms with Crippen molar-refractivity contribution >= 4 is 5.82 Å². The van der Waals surface area contributed by atoms with Gasteiger partial charge in [-0.3, -0.25) is 0 Å². The number of aromatic nitrogens is 2. The molecule has 0 fully saturated rings. The van der Waals surface area contributed by atoms with Crippen LogP contribution >= 0.6 is 0 Å². The van der Waals surface area contributed by atoms with Gasteiger partial charge in [-0.1, -0.05) is 13.8 Å². The lowest BCUT2D eigenvalue weighted by Gasteiger charge is -2.01. The van der Waals surface area contributed by atoms with E-state index in [9.17, 15) is 0 Å². The first-order valence-corrected chi connectivity index (χ1v) is 4.09. The minimum absolute atomic E-state index is 0.828. The highest BCUT2D eigenvalue weighted by molar-refractivity contribution is 5.35. The van der Waals surface area contributed by atoms with E-state index >= 15 is 0 Å². The Labute approximate surface area is 67.2 Å². The molecule has 3 nitrogen and oxygen atoms in total. The molecule has 62 valence electrons. The molecule has 0 spiro atoms. The van der Waals surface area contributed by atoms with Crippen molar-refractivity contribution in [1.82, 2.24) is 9.55 Å². The van der Waals surface area contributed by atoms with Gasteiger partial charge in [-0.15, -0.1) is 0 Å². The van der Waals surface area contributed by atoms with Crippen LogP contribution in [0.1, 0.15) is 26.0 Å². The molecule has 0 aliphatic heterocycles.